The van der Waals surface area contributed by atoms with E-state index in [2.05, 4.69) is 33.1 Å². The van der Waals surface area contributed by atoms with Gasteiger partial charge >= 0.3 is 0 Å². The third-order valence-electron chi connectivity index (χ3n) is 2.63. The Labute approximate surface area is 115 Å². The minimum absolute atomic E-state index is 0.0275. The standard InChI is InChI=1S/C14H16BrF2N/c1-3-5-6-7-12(18-4-2)10-8-9-11(16)14(17)13(10)15/h8-9,12,18H,4,6-7H2,1-2H3. The van der Waals surface area contributed by atoms with Crippen molar-refractivity contribution in [3.05, 3.63) is 33.8 Å². The highest BCUT2D eigenvalue weighted by Gasteiger charge is 2.17. The predicted molar refractivity (Wildman–Crippen MR) is 73.2 cm³/mol. The van der Waals surface area contributed by atoms with Gasteiger partial charge in [0.25, 0.3) is 0 Å². The second kappa shape index (κ2) is 7.50. The Morgan fingerprint density at radius 2 is 2.11 bits per heavy atom. The summed E-state index contributed by atoms with van der Waals surface area (Å²) in [6, 6.07) is 2.74. The van der Waals surface area contributed by atoms with Gasteiger partial charge in [-0.3, -0.25) is 0 Å². The molecule has 0 amide bonds. The molecule has 0 fully saturated rings. The van der Waals surface area contributed by atoms with E-state index in [0.717, 1.165) is 31.0 Å². The van der Waals surface area contributed by atoms with Crippen molar-refractivity contribution in [1.82, 2.24) is 5.32 Å². The van der Waals surface area contributed by atoms with Crippen LogP contribution in [0.15, 0.2) is 16.6 Å². The smallest absolute Gasteiger partial charge is 0.173 e. The van der Waals surface area contributed by atoms with Crippen molar-refractivity contribution in [2.75, 3.05) is 6.54 Å². The van der Waals surface area contributed by atoms with Gasteiger partial charge in [-0.1, -0.05) is 13.0 Å². The zero-order chi connectivity index (χ0) is 13.5. The Kier molecular flexibility index (Phi) is 6.31. The third kappa shape index (κ3) is 3.79. The Hall–Kier alpha value is -0.920. The van der Waals surface area contributed by atoms with E-state index in [1.165, 1.54) is 0 Å². The fourth-order valence-electron chi connectivity index (χ4n) is 1.77. The molecule has 0 bridgehead atoms. The van der Waals surface area contributed by atoms with E-state index in [0.29, 0.717) is 0 Å². The van der Waals surface area contributed by atoms with Gasteiger partial charge in [-0.15, -0.1) is 11.8 Å². The normalized spacial score (nSPS) is 11.8. The molecular formula is C14H16BrF2N. The number of nitrogens with one attached hydrogen (secondary N) is 1. The fraction of sp³-hybridized carbons (Fsp3) is 0.429. The van der Waals surface area contributed by atoms with Crippen LogP contribution in [0.3, 0.4) is 0 Å². The Bertz CT molecular complexity index is 463. The summed E-state index contributed by atoms with van der Waals surface area (Å²) in [4.78, 5) is 0. The third-order valence-corrected chi connectivity index (χ3v) is 3.43. The van der Waals surface area contributed by atoms with Crippen molar-refractivity contribution in [1.29, 1.82) is 0 Å². The van der Waals surface area contributed by atoms with E-state index in [1.54, 1.807) is 13.0 Å². The molecule has 0 saturated heterocycles. The first-order valence-corrected chi connectivity index (χ1v) is 6.67. The first-order valence-electron chi connectivity index (χ1n) is 5.88. The molecular weight excluding hydrogens is 300 g/mol. The molecule has 0 aliphatic rings. The maximum atomic E-state index is 13.5. The minimum atomic E-state index is -0.839. The monoisotopic (exact) mass is 315 g/mol. The van der Waals surface area contributed by atoms with Crippen LogP contribution in [0.1, 0.15) is 38.3 Å². The SMILES string of the molecule is CC#CCCC(NCC)c1ccc(F)c(F)c1Br. The highest BCUT2D eigenvalue weighted by Crippen LogP contribution is 2.30. The molecule has 0 aliphatic carbocycles. The molecule has 1 N–H and O–H groups in total. The average Bonchev–Trinajstić information content (AvgIpc) is 2.36. The van der Waals surface area contributed by atoms with Crippen molar-refractivity contribution in [3.63, 3.8) is 0 Å². The van der Waals surface area contributed by atoms with Gasteiger partial charge < -0.3 is 5.32 Å². The second-order valence-electron chi connectivity index (χ2n) is 3.84. The Balaban J connectivity index is 2.96. The zero-order valence-corrected chi connectivity index (χ0v) is 12.1. The van der Waals surface area contributed by atoms with Gasteiger partial charge in [0.1, 0.15) is 0 Å². The van der Waals surface area contributed by atoms with E-state index in [-0.39, 0.29) is 10.5 Å². The van der Waals surface area contributed by atoms with Gasteiger partial charge in [0.15, 0.2) is 11.6 Å². The molecule has 0 heterocycles. The maximum Gasteiger partial charge on any atom is 0.173 e. The van der Waals surface area contributed by atoms with Gasteiger partial charge in [0.2, 0.25) is 0 Å². The van der Waals surface area contributed by atoms with Crippen molar-refractivity contribution in [3.8, 4) is 11.8 Å². The lowest BCUT2D eigenvalue weighted by Gasteiger charge is -2.19. The number of rotatable bonds is 5. The second-order valence-corrected chi connectivity index (χ2v) is 4.63. The van der Waals surface area contributed by atoms with Gasteiger partial charge in [-0.05, 0) is 47.4 Å². The Morgan fingerprint density at radius 3 is 2.72 bits per heavy atom. The molecule has 0 aliphatic heterocycles. The van der Waals surface area contributed by atoms with Crippen LogP contribution >= 0.6 is 15.9 Å². The fourth-order valence-corrected chi connectivity index (χ4v) is 2.36. The summed E-state index contributed by atoms with van der Waals surface area (Å²) in [7, 11) is 0. The first-order chi connectivity index (χ1) is 8.61. The molecule has 18 heavy (non-hydrogen) atoms. The molecule has 1 rings (SSSR count). The van der Waals surface area contributed by atoms with Crippen molar-refractivity contribution in [2.45, 2.75) is 32.7 Å². The number of halogens is 3. The highest BCUT2D eigenvalue weighted by molar-refractivity contribution is 9.10. The summed E-state index contributed by atoms with van der Waals surface area (Å²) < 4.78 is 26.8. The molecule has 98 valence electrons. The summed E-state index contributed by atoms with van der Waals surface area (Å²) in [5, 5.41) is 3.26. The summed E-state index contributed by atoms with van der Waals surface area (Å²) in [5.41, 5.74) is 0.730. The number of benzene rings is 1. The minimum Gasteiger partial charge on any atom is -0.310 e. The average molecular weight is 316 g/mol. The van der Waals surface area contributed by atoms with Crippen molar-refractivity contribution in [2.24, 2.45) is 0 Å². The van der Waals surface area contributed by atoms with E-state index in [4.69, 9.17) is 0 Å². The van der Waals surface area contributed by atoms with E-state index in [1.807, 2.05) is 6.92 Å². The lowest BCUT2D eigenvalue weighted by Crippen LogP contribution is -2.21. The van der Waals surface area contributed by atoms with Gasteiger partial charge in [0.05, 0.1) is 4.47 Å². The molecule has 0 saturated carbocycles. The molecule has 4 heteroatoms. The number of hydrogen-bond donors (Lipinski definition) is 1. The molecule has 1 aromatic rings. The first kappa shape index (κ1) is 15.1. The summed E-state index contributed by atoms with van der Waals surface area (Å²) in [6.45, 7) is 4.53. The molecule has 0 radical (unpaired) electrons. The quantitative estimate of drug-likeness (QED) is 0.635. The topological polar surface area (TPSA) is 12.0 Å². The van der Waals surface area contributed by atoms with E-state index < -0.39 is 11.6 Å². The summed E-state index contributed by atoms with van der Waals surface area (Å²) >= 11 is 3.12. The van der Waals surface area contributed by atoms with Crippen LogP contribution in [-0.2, 0) is 0 Å². The van der Waals surface area contributed by atoms with Crippen molar-refractivity contribution >= 4 is 15.9 Å². The molecule has 1 nitrogen and oxygen atoms in total. The van der Waals surface area contributed by atoms with Crippen LogP contribution in [0, 0.1) is 23.5 Å². The number of hydrogen-bond acceptors (Lipinski definition) is 1. The lowest BCUT2D eigenvalue weighted by molar-refractivity contribution is 0.484. The van der Waals surface area contributed by atoms with Crippen LogP contribution in [-0.4, -0.2) is 6.54 Å². The molecule has 1 aromatic carbocycles. The van der Waals surface area contributed by atoms with E-state index in [9.17, 15) is 8.78 Å². The van der Waals surface area contributed by atoms with Crippen LogP contribution < -0.4 is 5.32 Å². The van der Waals surface area contributed by atoms with Gasteiger partial charge in [-0.25, -0.2) is 8.78 Å². The van der Waals surface area contributed by atoms with Crippen LogP contribution in [0.25, 0.3) is 0 Å². The summed E-state index contributed by atoms with van der Waals surface area (Å²) in [5.74, 6) is 4.13. The molecule has 0 aromatic heterocycles. The zero-order valence-electron chi connectivity index (χ0n) is 10.5. The van der Waals surface area contributed by atoms with E-state index >= 15 is 0 Å². The molecule has 0 spiro atoms. The summed E-state index contributed by atoms with van der Waals surface area (Å²) in [6.07, 6.45) is 1.48. The van der Waals surface area contributed by atoms with Gasteiger partial charge in [0, 0.05) is 12.5 Å². The largest absolute Gasteiger partial charge is 0.310 e. The lowest BCUT2D eigenvalue weighted by atomic mass is 10.0. The van der Waals surface area contributed by atoms with Gasteiger partial charge in [-0.2, -0.15) is 0 Å². The van der Waals surface area contributed by atoms with Crippen LogP contribution in [0.4, 0.5) is 8.78 Å². The highest BCUT2D eigenvalue weighted by atomic mass is 79.9. The maximum absolute atomic E-state index is 13.5. The van der Waals surface area contributed by atoms with Crippen molar-refractivity contribution < 1.29 is 8.78 Å². The Morgan fingerprint density at radius 1 is 1.39 bits per heavy atom. The van der Waals surface area contributed by atoms with Crippen LogP contribution in [0.5, 0.6) is 0 Å². The predicted octanol–water partition coefficient (Wildman–Crippen LogP) is 4.18. The van der Waals surface area contributed by atoms with Crippen LogP contribution in [0.2, 0.25) is 0 Å². The molecule has 1 unspecified atom stereocenters. The molecule has 1 atom stereocenters.